The van der Waals surface area contributed by atoms with Crippen LogP contribution in [0.15, 0.2) is 0 Å². The number of nitrogens with zero attached hydrogens (tertiary/aromatic N) is 1. The molecular formula is C11H24N4O3S. The third-order valence-corrected chi connectivity index (χ3v) is 4.61. The summed E-state index contributed by atoms with van der Waals surface area (Å²) in [4.78, 5) is 2.07. The second-order valence-electron chi connectivity index (χ2n) is 4.86. The standard InChI is InChI=1S/C11H24N4O3S/c1-18-7-2-8-19(16,17)14-10-3-5-15(6-4-10)9-11(12)13/h10,14H,2-9H2,1H3,(H3,12,13). The summed E-state index contributed by atoms with van der Waals surface area (Å²) in [5.74, 6) is 0.257. The molecule has 1 rings (SSSR count). The number of likely N-dealkylation sites (tertiary alicyclic amines) is 1. The Morgan fingerprint density at radius 3 is 2.63 bits per heavy atom. The maximum Gasteiger partial charge on any atom is 0.211 e. The maximum atomic E-state index is 11.8. The minimum absolute atomic E-state index is 0.00393. The van der Waals surface area contributed by atoms with Gasteiger partial charge in [-0.15, -0.1) is 0 Å². The lowest BCUT2D eigenvalue weighted by atomic mass is 10.1. The molecule has 0 aromatic carbocycles. The average molecular weight is 292 g/mol. The molecule has 0 saturated carbocycles. The van der Waals surface area contributed by atoms with E-state index in [4.69, 9.17) is 15.9 Å². The van der Waals surface area contributed by atoms with E-state index >= 15 is 0 Å². The van der Waals surface area contributed by atoms with Crippen LogP contribution < -0.4 is 10.5 Å². The minimum atomic E-state index is -3.21. The summed E-state index contributed by atoms with van der Waals surface area (Å²) in [5, 5.41) is 7.23. The fourth-order valence-electron chi connectivity index (χ4n) is 2.16. The van der Waals surface area contributed by atoms with Crippen molar-refractivity contribution in [2.24, 2.45) is 5.73 Å². The lowest BCUT2D eigenvalue weighted by Crippen LogP contribution is -2.47. The highest BCUT2D eigenvalue weighted by molar-refractivity contribution is 7.89. The second kappa shape index (κ2) is 7.78. The van der Waals surface area contributed by atoms with Gasteiger partial charge in [0.15, 0.2) is 0 Å². The van der Waals surface area contributed by atoms with Gasteiger partial charge in [-0.05, 0) is 19.3 Å². The van der Waals surface area contributed by atoms with E-state index in [0.29, 0.717) is 19.6 Å². The zero-order valence-electron chi connectivity index (χ0n) is 11.4. The molecule has 112 valence electrons. The zero-order chi connectivity index (χ0) is 14.3. The van der Waals surface area contributed by atoms with E-state index in [1.807, 2.05) is 0 Å². The van der Waals surface area contributed by atoms with Crippen LogP contribution in [0, 0.1) is 5.41 Å². The molecule has 0 atom stereocenters. The van der Waals surface area contributed by atoms with Gasteiger partial charge in [0.2, 0.25) is 10.0 Å². The fourth-order valence-corrected chi connectivity index (χ4v) is 3.52. The third-order valence-electron chi connectivity index (χ3n) is 3.09. The molecule has 1 saturated heterocycles. The summed E-state index contributed by atoms with van der Waals surface area (Å²) in [5.41, 5.74) is 5.35. The Kier molecular flexibility index (Phi) is 6.70. The minimum Gasteiger partial charge on any atom is -0.387 e. The quantitative estimate of drug-likeness (QED) is 0.313. The predicted octanol–water partition coefficient (Wildman–Crippen LogP) is -0.657. The Morgan fingerprint density at radius 2 is 2.11 bits per heavy atom. The molecule has 0 aliphatic carbocycles. The lowest BCUT2D eigenvalue weighted by Gasteiger charge is -2.31. The van der Waals surface area contributed by atoms with E-state index < -0.39 is 10.0 Å². The summed E-state index contributed by atoms with van der Waals surface area (Å²) >= 11 is 0. The molecule has 0 unspecified atom stereocenters. The fraction of sp³-hybridized carbons (Fsp3) is 0.909. The van der Waals surface area contributed by atoms with Gasteiger partial charge >= 0.3 is 0 Å². The van der Waals surface area contributed by atoms with Crippen molar-refractivity contribution in [2.45, 2.75) is 25.3 Å². The topological polar surface area (TPSA) is 109 Å². The van der Waals surface area contributed by atoms with Gasteiger partial charge < -0.3 is 10.5 Å². The van der Waals surface area contributed by atoms with Gasteiger partial charge in [-0.1, -0.05) is 0 Å². The zero-order valence-corrected chi connectivity index (χ0v) is 12.2. The molecule has 1 aliphatic heterocycles. The molecule has 0 radical (unpaired) electrons. The predicted molar refractivity (Wildman–Crippen MR) is 74.8 cm³/mol. The van der Waals surface area contributed by atoms with E-state index in [-0.39, 0.29) is 17.6 Å². The molecule has 1 aliphatic rings. The lowest BCUT2D eigenvalue weighted by molar-refractivity contribution is 0.199. The first-order valence-electron chi connectivity index (χ1n) is 6.47. The first kappa shape index (κ1) is 16.4. The molecule has 0 amide bonds. The molecule has 0 bridgehead atoms. The van der Waals surface area contributed by atoms with Crippen LogP contribution in [-0.2, 0) is 14.8 Å². The molecule has 19 heavy (non-hydrogen) atoms. The van der Waals surface area contributed by atoms with E-state index in [1.165, 1.54) is 0 Å². The van der Waals surface area contributed by atoms with E-state index in [1.54, 1.807) is 7.11 Å². The highest BCUT2D eigenvalue weighted by Gasteiger charge is 2.23. The van der Waals surface area contributed by atoms with Gasteiger partial charge in [0, 0.05) is 32.8 Å². The van der Waals surface area contributed by atoms with Crippen molar-refractivity contribution in [2.75, 3.05) is 39.1 Å². The van der Waals surface area contributed by atoms with Crippen LogP contribution in [0.4, 0.5) is 0 Å². The SMILES string of the molecule is COCCCS(=O)(=O)NC1CCN(CC(=N)N)CC1. The largest absolute Gasteiger partial charge is 0.387 e. The Morgan fingerprint density at radius 1 is 1.47 bits per heavy atom. The number of hydrogen-bond acceptors (Lipinski definition) is 5. The summed E-state index contributed by atoms with van der Waals surface area (Å²) in [6, 6.07) is -0.00393. The van der Waals surface area contributed by atoms with Gasteiger partial charge in [-0.2, -0.15) is 0 Å². The van der Waals surface area contributed by atoms with Crippen LogP contribution in [-0.4, -0.2) is 64.3 Å². The monoisotopic (exact) mass is 292 g/mol. The Hall–Kier alpha value is -0.700. The van der Waals surface area contributed by atoms with Crippen LogP contribution in [0.3, 0.4) is 0 Å². The maximum absolute atomic E-state index is 11.8. The highest BCUT2D eigenvalue weighted by atomic mass is 32.2. The number of amidine groups is 1. The summed E-state index contributed by atoms with van der Waals surface area (Å²) < 4.78 is 31.2. The molecule has 4 N–H and O–H groups in total. The average Bonchev–Trinajstić information content (AvgIpc) is 2.31. The Balaban J connectivity index is 2.30. The Labute approximate surface area is 115 Å². The first-order chi connectivity index (χ1) is 8.93. The van der Waals surface area contributed by atoms with Crippen molar-refractivity contribution >= 4 is 15.9 Å². The molecule has 0 aromatic rings. The number of nitrogens with one attached hydrogen (secondary N) is 2. The summed E-state index contributed by atoms with van der Waals surface area (Å²) in [6.07, 6.45) is 2.03. The second-order valence-corrected chi connectivity index (χ2v) is 6.73. The Bertz CT molecular complexity index is 377. The molecule has 0 spiro atoms. The molecule has 0 aromatic heterocycles. The smallest absolute Gasteiger partial charge is 0.211 e. The van der Waals surface area contributed by atoms with Crippen LogP contribution in [0.25, 0.3) is 0 Å². The van der Waals surface area contributed by atoms with Crippen LogP contribution in [0.2, 0.25) is 0 Å². The third kappa shape index (κ3) is 6.86. The van der Waals surface area contributed by atoms with Crippen molar-refractivity contribution in [1.82, 2.24) is 9.62 Å². The van der Waals surface area contributed by atoms with Gasteiger partial charge in [0.05, 0.1) is 12.3 Å². The molecular weight excluding hydrogens is 268 g/mol. The van der Waals surface area contributed by atoms with Gasteiger partial charge in [0.1, 0.15) is 5.84 Å². The number of hydrogen-bond donors (Lipinski definition) is 3. The van der Waals surface area contributed by atoms with Crippen molar-refractivity contribution in [3.05, 3.63) is 0 Å². The van der Waals surface area contributed by atoms with Gasteiger partial charge in [-0.25, -0.2) is 13.1 Å². The van der Waals surface area contributed by atoms with E-state index in [0.717, 1.165) is 25.9 Å². The number of nitrogens with two attached hydrogens (primary N) is 1. The normalized spacial score (nSPS) is 18.6. The number of sulfonamides is 1. The van der Waals surface area contributed by atoms with Gasteiger partial charge in [-0.3, -0.25) is 10.3 Å². The van der Waals surface area contributed by atoms with Crippen molar-refractivity contribution in [1.29, 1.82) is 5.41 Å². The molecule has 8 heteroatoms. The molecule has 1 heterocycles. The number of ether oxygens (including phenoxy) is 1. The highest BCUT2D eigenvalue weighted by Crippen LogP contribution is 2.11. The van der Waals surface area contributed by atoms with Crippen molar-refractivity contribution < 1.29 is 13.2 Å². The van der Waals surface area contributed by atoms with Crippen LogP contribution >= 0.6 is 0 Å². The van der Waals surface area contributed by atoms with E-state index in [2.05, 4.69) is 9.62 Å². The molecule has 1 fully saturated rings. The van der Waals surface area contributed by atoms with Gasteiger partial charge in [0.25, 0.3) is 0 Å². The number of methoxy groups -OCH3 is 1. The summed E-state index contributed by atoms with van der Waals surface area (Å²) in [7, 11) is -1.65. The van der Waals surface area contributed by atoms with Crippen LogP contribution in [0.1, 0.15) is 19.3 Å². The number of piperidine rings is 1. The summed E-state index contributed by atoms with van der Waals surface area (Å²) in [6.45, 7) is 2.46. The van der Waals surface area contributed by atoms with Crippen molar-refractivity contribution in [3.63, 3.8) is 0 Å². The van der Waals surface area contributed by atoms with Crippen LogP contribution in [0.5, 0.6) is 0 Å². The first-order valence-corrected chi connectivity index (χ1v) is 8.12. The number of rotatable bonds is 8. The molecule has 7 nitrogen and oxygen atoms in total. The van der Waals surface area contributed by atoms with Crippen molar-refractivity contribution in [3.8, 4) is 0 Å². The van der Waals surface area contributed by atoms with E-state index in [9.17, 15) is 8.42 Å².